The van der Waals surface area contributed by atoms with E-state index < -0.39 is 0 Å². The van der Waals surface area contributed by atoms with Crippen molar-refractivity contribution < 1.29 is 0 Å². The third-order valence-electron chi connectivity index (χ3n) is 2.53. The molecule has 78 valence electrons. The second kappa shape index (κ2) is 3.81. The Kier molecular flexibility index (Phi) is 2.65. The van der Waals surface area contributed by atoms with Crippen molar-refractivity contribution in [3.63, 3.8) is 0 Å². The molecule has 0 saturated heterocycles. The van der Waals surface area contributed by atoms with Crippen molar-refractivity contribution >= 4 is 15.9 Å². The number of hydrogen-bond acceptors (Lipinski definition) is 1. The van der Waals surface area contributed by atoms with E-state index in [1.165, 1.54) is 16.7 Å². The summed E-state index contributed by atoms with van der Waals surface area (Å²) >= 11 is 3.47. The highest BCUT2D eigenvalue weighted by atomic mass is 79.9. The van der Waals surface area contributed by atoms with Crippen LogP contribution in [0.4, 0.5) is 0 Å². The Hall–Kier alpha value is -1.09. The molecule has 0 unspecified atom stereocenters. The molecule has 0 amide bonds. The van der Waals surface area contributed by atoms with Crippen molar-refractivity contribution in [1.82, 2.24) is 9.55 Å². The molecule has 0 aliphatic carbocycles. The topological polar surface area (TPSA) is 17.8 Å². The smallest absolute Gasteiger partial charge is 0.132 e. The molecule has 0 radical (unpaired) electrons. The van der Waals surface area contributed by atoms with Gasteiger partial charge in [-0.2, -0.15) is 0 Å². The van der Waals surface area contributed by atoms with Crippen molar-refractivity contribution in [1.29, 1.82) is 0 Å². The van der Waals surface area contributed by atoms with Gasteiger partial charge in [0.2, 0.25) is 0 Å². The quantitative estimate of drug-likeness (QED) is 0.772. The normalized spacial score (nSPS) is 10.7. The number of imidazole rings is 1. The minimum Gasteiger partial charge on any atom is -0.333 e. The van der Waals surface area contributed by atoms with Crippen LogP contribution in [0.15, 0.2) is 29.1 Å². The number of rotatable bonds is 1. The third kappa shape index (κ3) is 1.84. The van der Waals surface area contributed by atoms with Gasteiger partial charge in [-0.05, 0) is 35.3 Å². The molecule has 0 aliphatic heterocycles. The van der Waals surface area contributed by atoms with Gasteiger partial charge in [0.15, 0.2) is 0 Å². The van der Waals surface area contributed by atoms with Crippen LogP contribution in [-0.4, -0.2) is 9.55 Å². The average Bonchev–Trinajstić information content (AvgIpc) is 2.48. The van der Waals surface area contributed by atoms with Gasteiger partial charge in [-0.15, -0.1) is 0 Å². The zero-order valence-corrected chi connectivity index (χ0v) is 10.7. The molecule has 1 heterocycles. The van der Waals surface area contributed by atoms with Gasteiger partial charge >= 0.3 is 0 Å². The van der Waals surface area contributed by atoms with Gasteiger partial charge in [0.1, 0.15) is 4.60 Å². The molecule has 2 rings (SSSR count). The molecule has 0 aliphatic rings. The molecule has 15 heavy (non-hydrogen) atoms. The summed E-state index contributed by atoms with van der Waals surface area (Å²) in [6.07, 6.45) is 1.82. The largest absolute Gasteiger partial charge is 0.333 e. The Morgan fingerprint density at radius 1 is 1.27 bits per heavy atom. The number of aromatic nitrogens is 2. The summed E-state index contributed by atoms with van der Waals surface area (Å²) < 4.78 is 2.93. The van der Waals surface area contributed by atoms with E-state index in [0.29, 0.717) is 0 Å². The van der Waals surface area contributed by atoms with Gasteiger partial charge in [-0.3, -0.25) is 0 Å². The summed E-state index contributed by atoms with van der Waals surface area (Å²) in [7, 11) is 2.01. The van der Waals surface area contributed by atoms with E-state index in [1.54, 1.807) is 0 Å². The first kappa shape index (κ1) is 10.4. The predicted octanol–water partition coefficient (Wildman–Crippen LogP) is 3.47. The van der Waals surface area contributed by atoms with Crippen LogP contribution in [0.5, 0.6) is 0 Å². The number of halogens is 1. The van der Waals surface area contributed by atoms with Crippen molar-refractivity contribution in [2.24, 2.45) is 7.05 Å². The molecule has 1 aromatic heterocycles. The lowest BCUT2D eigenvalue weighted by Crippen LogP contribution is -1.92. The lowest BCUT2D eigenvalue weighted by atomic mass is 10.0. The number of hydrogen-bond donors (Lipinski definition) is 0. The van der Waals surface area contributed by atoms with E-state index in [-0.39, 0.29) is 0 Å². The first-order chi connectivity index (χ1) is 7.09. The Balaban J connectivity index is 2.64. The van der Waals surface area contributed by atoms with Crippen LogP contribution in [0.2, 0.25) is 0 Å². The van der Waals surface area contributed by atoms with Crippen LogP contribution >= 0.6 is 15.9 Å². The molecular weight excluding hydrogens is 252 g/mol. The van der Waals surface area contributed by atoms with E-state index in [2.05, 4.69) is 53.0 Å². The van der Waals surface area contributed by atoms with E-state index in [4.69, 9.17) is 0 Å². The monoisotopic (exact) mass is 264 g/mol. The van der Waals surface area contributed by atoms with Crippen molar-refractivity contribution in [3.05, 3.63) is 40.3 Å². The van der Waals surface area contributed by atoms with E-state index in [0.717, 1.165) is 10.3 Å². The number of nitrogens with zero attached hydrogens (tertiary/aromatic N) is 2. The number of benzene rings is 1. The molecule has 0 spiro atoms. The van der Waals surface area contributed by atoms with Gasteiger partial charge in [0, 0.05) is 12.6 Å². The fourth-order valence-corrected chi connectivity index (χ4v) is 2.37. The van der Waals surface area contributed by atoms with Crippen LogP contribution in [0, 0.1) is 13.8 Å². The molecule has 0 atom stereocenters. The summed E-state index contributed by atoms with van der Waals surface area (Å²) in [5.41, 5.74) is 4.92. The molecule has 2 nitrogen and oxygen atoms in total. The molecule has 0 bridgehead atoms. The lowest BCUT2D eigenvalue weighted by molar-refractivity contribution is 0.920. The molecule has 0 saturated carbocycles. The molecular formula is C12H13BrN2. The van der Waals surface area contributed by atoms with Gasteiger partial charge in [0.05, 0.1) is 12.0 Å². The Labute approximate surface area is 98.1 Å². The second-order valence-corrected chi connectivity index (χ2v) is 4.56. The first-order valence-corrected chi connectivity index (χ1v) is 5.63. The summed E-state index contributed by atoms with van der Waals surface area (Å²) in [6, 6.07) is 6.46. The van der Waals surface area contributed by atoms with Gasteiger partial charge < -0.3 is 4.57 Å². The van der Waals surface area contributed by atoms with Crippen LogP contribution in [0.1, 0.15) is 11.1 Å². The molecule has 1 aromatic carbocycles. The minimum atomic E-state index is 0.900. The Morgan fingerprint density at radius 3 is 2.53 bits per heavy atom. The van der Waals surface area contributed by atoms with Crippen LogP contribution in [-0.2, 0) is 7.05 Å². The summed E-state index contributed by atoms with van der Waals surface area (Å²) in [6.45, 7) is 4.23. The van der Waals surface area contributed by atoms with Crippen molar-refractivity contribution in [2.75, 3.05) is 0 Å². The van der Waals surface area contributed by atoms with E-state index >= 15 is 0 Å². The Bertz CT molecular complexity index is 481. The van der Waals surface area contributed by atoms with Crippen LogP contribution in [0.25, 0.3) is 11.3 Å². The maximum absolute atomic E-state index is 4.24. The minimum absolute atomic E-state index is 0.900. The third-order valence-corrected chi connectivity index (χ3v) is 3.11. The van der Waals surface area contributed by atoms with Crippen molar-refractivity contribution in [2.45, 2.75) is 13.8 Å². The first-order valence-electron chi connectivity index (χ1n) is 4.84. The SMILES string of the molecule is Cc1ccc(-c2c(Br)ncn2C)c(C)c1. The standard InChI is InChI=1S/C12H13BrN2/c1-8-4-5-10(9(2)6-8)11-12(13)14-7-15(11)3/h4-7H,1-3H3. The van der Waals surface area contributed by atoms with E-state index in [1.807, 2.05) is 17.9 Å². The summed E-state index contributed by atoms with van der Waals surface area (Å²) in [5.74, 6) is 0. The number of aryl methyl sites for hydroxylation is 3. The van der Waals surface area contributed by atoms with Crippen LogP contribution < -0.4 is 0 Å². The molecule has 0 N–H and O–H groups in total. The summed E-state index contributed by atoms with van der Waals surface area (Å²) in [4.78, 5) is 4.24. The maximum Gasteiger partial charge on any atom is 0.132 e. The van der Waals surface area contributed by atoms with Gasteiger partial charge in [0.25, 0.3) is 0 Å². The zero-order valence-electron chi connectivity index (χ0n) is 9.08. The highest BCUT2D eigenvalue weighted by molar-refractivity contribution is 9.10. The predicted molar refractivity (Wildman–Crippen MR) is 65.8 cm³/mol. The highest BCUT2D eigenvalue weighted by Gasteiger charge is 2.10. The summed E-state index contributed by atoms with van der Waals surface area (Å²) in [5, 5.41) is 0. The Morgan fingerprint density at radius 2 is 2.00 bits per heavy atom. The second-order valence-electron chi connectivity index (χ2n) is 3.81. The zero-order chi connectivity index (χ0) is 11.0. The van der Waals surface area contributed by atoms with Crippen LogP contribution in [0.3, 0.4) is 0 Å². The molecule has 3 heteroatoms. The van der Waals surface area contributed by atoms with Gasteiger partial charge in [-0.1, -0.05) is 23.8 Å². The van der Waals surface area contributed by atoms with Crippen molar-refractivity contribution in [3.8, 4) is 11.3 Å². The highest BCUT2D eigenvalue weighted by Crippen LogP contribution is 2.29. The maximum atomic E-state index is 4.24. The van der Waals surface area contributed by atoms with E-state index in [9.17, 15) is 0 Å². The fourth-order valence-electron chi connectivity index (χ4n) is 1.78. The molecule has 2 aromatic rings. The fraction of sp³-hybridized carbons (Fsp3) is 0.250. The van der Waals surface area contributed by atoms with Gasteiger partial charge in [-0.25, -0.2) is 4.98 Å². The average molecular weight is 265 g/mol. The lowest BCUT2D eigenvalue weighted by Gasteiger charge is -2.08. The molecule has 0 fully saturated rings.